The highest BCUT2D eigenvalue weighted by Gasteiger charge is 2.29. The zero-order chi connectivity index (χ0) is 20.1. The van der Waals surface area contributed by atoms with E-state index in [1.807, 2.05) is 0 Å². The molecule has 0 saturated carbocycles. The number of carbonyl (C=O) groups is 1. The highest BCUT2D eigenvalue weighted by atomic mass is 32.2. The third kappa shape index (κ3) is 4.43. The smallest absolute Gasteiger partial charge is 0.251 e. The summed E-state index contributed by atoms with van der Waals surface area (Å²) in [6, 6.07) is 17.9. The van der Waals surface area contributed by atoms with Crippen LogP contribution in [0.2, 0.25) is 0 Å². The first-order valence-electron chi connectivity index (χ1n) is 8.46. The maximum Gasteiger partial charge on any atom is 0.251 e. The van der Waals surface area contributed by atoms with Crippen LogP contribution in [-0.2, 0) is 9.84 Å². The monoisotopic (exact) mass is 401 g/mol. The van der Waals surface area contributed by atoms with Gasteiger partial charge in [0.1, 0.15) is 16.9 Å². The second-order valence-electron chi connectivity index (χ2n) is 6.12. The molecular weight excluding hydrogens is 384 g/mol. The molecule has 144 valence electrons. The Labute approximate surface area is 161 Å². The van der Waals surface area contributed by atoms with Crippen molar-refractivity contribution in [3.63, 3.8) is 0 Å². The lowest BCUT2D eigenvalue weighted by atomic mass is 10.1. The topological polar surface area (TPSA) is 63.2 Å². The summed E-state index contributed by atoms with van der Waals surface area (Å²) in [5.41, 5.74) is 0.707. The van der Waals surface area contributed by atoms with E-state index in [0.29, 0.717) is 5.56 Å². The Morgan fingerprint density at radius 1 is 0.821 bits per heavy atom. The lowest BCUT2D eigenvalue weighted by Gasteiger charge is -2.19. The Morgan fingerprint density at radius 2 is 1.36 bits per heavy atom. The molecule has 0 heterocycles. The van der Waals surface area contributed by atoms with Crippen LogP contribution in [0.25, 0.3) is 0 Å². The molecule has 3 aromatic carbocycles. The molecule has 0 bridgehead atoms. The number of nitrogens with one attached hydrogen (secondary N) is 1. The zero-order valence-electron chi connectivity index (χ0n) is 14.7. The van der Waals surface area contributed by atoms with Gasteiger partial charge in [0, 0.05) is 12.1 Å². The van der Waals surface area contributed by atoms with Crippen molar-refractivity contribution >= 4 is 15.7 Å². The van der Waals surface area contributed by atoms with E-state index < -0.39 is 32.6 Å². The van der Waals surface area contributed by atoms with Crippen LogP contribution in [0.3, 0.4) is 0 Å². The van der Waals surface area contributed by atoms with Crippen molar-refractivity contribution in [1.29, 1.82) is 0 Å². The SMILES string of the molecule is O=C(NCC(c1ccccc1)S(=O)(=O)c1ccc(F)cc1)c1ccc(F)cc1. The Balaban J connectivity index is 1.88. The lowest BCUT2D eigenvalue weighted by Crippen LogP contribution is -2.32. The van der Waals surface area contributed by atoms with Crippen LogP contribution in [0.5, 0.6) is 0 Å². The van der Waals surface area contributed by atoms with Gasteiger partial charge in [-0.1, -0.05) is 30.3 Å². The number of amides is 1. The quantitative estimate of drug-likeness (QED) is 0.637. The number of hydrogen-bond acceptors (Lipinski definition) is 3. The summed E-state index contributed by atoms with van der Waals surface area (Å²) in [6.45, 7) is -0.195. The molecule has 1 amide bonds. The second kappa shape index (κ2) is 8.31. The van der Waals surface area contributed by atoms with Gasteiger partial charge < -0.3 is 5.32 Å². The van der Waals surface area contributed by atoms with Gasteiger partial charge in [-0.2, -0.15) is 0 Å². The molecule has 7 heteroatoms. The van der Waals surface area contributed by atoms with Gasteiger partial charge in [-0.15, -0.1) is 0 Å². The van der Waals surface area contributed by atoms with Crippen LogP contribution in [-0.4, -0.2) is 20.9 Å². The molecule has 28 heavy (non-hydrogen) atoms. The number of carbonyl (C=O) groups excluding carboxylic acids is 1. The van der Waals surface area contributed by atoms with Crippen molar-refractivity contribution in [1.82, 2.24) is 5.32 Å². The van der Waals surface area contributed by atoms with Gasteiger partial charge in [0.05, 0.1) is 4.90 Å². The summed E-state index contributed by atoms with van der Waals surface area (Å²) in [4.78, 5) is 12.3. The zero-order valence-corrected chi connectivity index (χ0v) is 15.5. The molecule has 1 atom stereocenters. The van der Waals surface area contributed by atoms with Crippen LogP contribution >= 0.6 is 0 Å². The summed E-state index contributed by atoms with van der Waals surface area (Å²) < 4.78 is 52.4. The van der Waals surface area contributed by atoms with Crippen molar-refractivity contribution in [3.05, 3.63) is 102 Å². The largest absolute Gasteiger partial charge is 0.350 e. The van der Waals surface area contributed by atoms with Crippen molar-refractivity contribution in [2.24, 2.45) is 0 Å². The molecule has 1 N–H and O–H groups in total. The summed E-state index contributed by atoms with van der Waals surface area (Å²) in [5, 5.41) is 1.52. The van der Waals surface area contributed by atoms with E-state index in [1.165, 1.54) is 24.3 Å². The van der Waals surface area contributed by atoms with E-state index in [9.17, 15) is 22.0 Å². The Kier molecular flexibility index (Phi) is 5.84. The summed E-state index contributed by atoms with van der Waals surface area (Å²) >= 11 is 0. The molecule has 0 radical (unpaired) electrons. The summed E-state index contributed by atoms with van der Waals surface area (Å²) in [6.07, 6.45) is 0. The average molecular weight is 401 g/mol. The van der Waals surface area contributed by atoms with Crippen LogP contribution in [0.15, 0.2) is 83.8 Å². The number of sulfone groups is 1. The van der Waals surface area contributed by atoms with Gasteiger partial charge in [0.15, 0.2) is 9.84 Å². The van der Waals surface area contributed by atoms with Gasteiger partial charge in [-0.05, 0) is 54.1 Å². The van der Waals surface area contributed by atoms with Crippen LogP contribution in [0.1, 0.15) is 21.2 Å². The van der Waals surface area contributed by atoms with Crippen LogP contribution in [0.4, 0.5) is 8.78 Å². The maximum atomic E-state index is 13.2. The lowest BCUT2D eigenvalue weighted by molar-refractivity contribution is 0.0953. The van der Waals surface area contributed by atoms with E-state index in [4.69, 9.17) is 0 Å². The van der Waals surface area contributed by atoms with E-state index in [2.05, 4.69) is 5.32 Å². The van der Waals surface area contributed by atoms with Crippen molar-refractivity contribution in [3.8, 4) is 0 Å². The fraction of sp³-hybridized carbons (Fsp3) is 0.0952. The number of halogens is 2. The molecule has 4 nitrogen and oxygen atoms in total. The second-order valence-corrected chi connectivity index (χ2v) is 8.25. The van der Waals surface area contributed by atoms with Crippen molar-refractivity contribution in [2.75, 3.05) is 6.54 Å². The van der Waals surface area contributed by atoms with Gasteiger partial charge >= 0.3 is 0 Å². The highest BCUT2D eigenvalue weighted by Crippen LogP contribution is 2.28. The first kappa shape index (κ1) is 19.7. The van der Waals surface area contributed by atoms with E-state index in [1.54, 1.807) is 30.3 Å². The highest BCUT2D eigenvalue weighted by molar-refractivity contribution is 7.91. The number of benzene rings is 3. The molecule has 3 rings (SSSR count). The molecule has 0 fully saturated rings. The van der Waals surface area contributed by atoms with Crippen molar-refractivity contribution in [2.45, 2.75) is 10.1 Å². The minimum atomic E-state index is -3.90. The molecule has 0 aromatic heterocycles. The molecule has 0 spiro atoms. The van der Waals surface area contributed by atoms with Crippen LogP contribution < -0.4 is 5.32 Å². The van der Waals surface area contributed by atoms with E-state index in [-0.39, 0.29) is 17.0 Å². The third-order valence-electron chi connectivity index (χ3n) is 4.24. The predicted molar refractivity (Wildman–Crippen MR) is 102 cm³/mol. The molecular formula is C21H17F2NO3S. The van der Waals surface area contributed by atoms with Crippen molar-refractivity contribution < 1.29 is 22.0 Å². The number of hydrogen-bond donors (Lipinski definition) is 1. The Morgan fingerprint density at radius 3 is 1.93 bits per heavy atom. The van der Waals surface area contributed by atoms with Crippen LogP contribution in [0, 0.1) is 11.6 Å². The number of rotatable bonds is 6. The van der Waals surface area contributed by atoms with Gasteiger partial charge in [-0.3, -0.25) is 4.79 Å². The normalized spacial score (nSPS) is 12.4. The first-order chi connectivity index (χ1) is 13.4. The van der Waals surface area contributed by atoms with E-state index in [0.717, 1.165) is 24.3 Å². The Bertz CT molecular complexity index is 1050. The maximum absolute atomic E-state index is 13.2. The molecule has 1 unspecified atom stereocenters. The van der Waals surface area contributed by atoms with Gasteiger partial charge in [0.25, 0.3) is 5.91 Å². The minimum Gasteiger partial charge on any atom is -0.350 e. The predicted octanol–water partition coefficient (Wildman–Crippen LogP) is 3.91. The molecule has 3 aromatic rings. The molecule has 0 aliphatic rings. The minimum absolute atomic E-state index is 0.0428. The van der Waals surface area contributed by atoms with Gasteiger partial charge in [-0.25, -0.2) is 17.2 Å². The fourth-order valence-electron chi connectivity index (χ4n) is 2.75. The van der Waals surface area contributed by atoms with E-state index >= 15 is 0 Å². The molecule has 0 saturated heterocycles. The molecule has 0 aliphatic carbocycles. The summed E-state index contributed by atoms with van der Waals surface area (Å²) in [7, 11) is -3.90. The Hall–Kier alpha value is -3.06. The first-order valence-corrected chi connectivity index (χ1v) is 10.0. The fourth-order valence-corrected chi connectivity index (χ4v) is 4.41. The molecule has 0 aliphatic heterocycles. The standard InChI is InChI=1S/C21H17F2NO3S/c22-17-8-6-16(7-9-17)21(25)24-14-20(15-4-2-1-3-5-15)28(26,27)19-12-10-18(23)11-13-19/h1-13,20H,14H2,(H,24,25). The summed E-state index contributed by atoms with van der Waals surface area (Å²) in [5.74, 6) is -1.53. The van der Waals surface area contributed by atoms with Gasteiger partial charge in [0.2, 0.25) is 0 Å². The average Bonchev–Trinajstić information content (AvgIpc) is 2.69. The third-order valence-corrected chi connectivity index (χ3v) is 6.36.